The molecule has 0 heterocycles. The summed E-state index contributed by atoms with van der Waals surface area (Å²) in [7, 11) is 0. The number of carbonyl (C=O) groups is 1. The fourth-order valence-electron chi connectivity index (χ4n) is 1.78. The fourth-order valence-corrected chi connectivity index (χ4v) is 1.78. The number of benzene rings is 2. The maximum atomic E-state index is 11.9. The molecule has 3 nitrogen and oxygen atoms in total. The first-order valence-electron chi connectivity index (χ1n) is 6.20. The highest BCUT2D eigenvalue weighted by molar-refractivity contribution is 5.75. The van der Waals surface area contributed by atoms with Gasteiger partial charge in [-0.1, -0.05) is 37.3 Å². The predicted molar refractivity (Wildman–Crippen MR) is 73.1 cm³/mol. The minimum Gasteiger partial charge on any atom is -0.508 e. The van der Waals surface area contributed by atoms with Crippen LogP contribution in [0.3, 0.4) is 0 Å². The molecule has 0 bridgehead atoms. The maximum absolute atomic E-state index is 11.9. The van der Waals surface area contributed by atoms with Crippen molar-refractivity contribution in [2.24, 2.45) is 5.92 Å². The van der Waals surface area contributed by atoms with E-state index < -0.39 is 0 Å². The van der Waals surface area contributed by atoms with Crippen molar-refractivity contribution < 1.29 is 14.6 Å². The largest absolute Gasteiger partial charge is 0.508 e. The lowest BCUT2D eigenvalue weighted by Gasteiger charge is -2.11. The summed E-state index contributed by atoms with van der Waals surface area (Å²) in [6, 6.07) is 16.0. The zero-order valence-electron chi connectivity index (χ0n) is 10.7. The smallest absolute Gasteiger partial charge is 0.314 e. The molecule has 0 saturated carbocycles. The lowest BCUT2D eigenvalue weighted by molar-refractivity contribution is -0.138. The molecule has 2 rings (SSSR count). The molecule has 1 N–H and O–H groups in total. The number of phenolic OH excluding ortho intramolecular Hbond substituents is 1. The highest BCUT2D eigenvalue weighted by atomic mass is 16.5. The predicted octanol–water partition coefficient (Wildman–Crippen LogP) is 3.18. The van der Waals surface area contributed by atoms with E-state index in [1.54, 1.807) is 12.1 Å². The third-order valence-electron chi connectivity index (χ3n) is 2.84. The molecule has 0 spiro atoms. The molecule has 2 aromatic rings. The minimum absolute atomic E-state index is 0.150. The number of ether oxygens (including phenoxy) is 1. The zero-order valence-corrected chi connectivity index (χ0v) is 10.7. The number of rotatable bonds is 4. The van der Waals surface area contributed by atoms with Gasteiger partial charge >= 0.3 is 5.97 Å². The Balaban J connectivity index is 1.94. The molecule has 1 unspecified atom stereocenters. The lowest BCUT2D eigenvalue weighted by Crippen LogP contribution is -2.19. The Morgan fingerprint density at radius 3 is 2.37 bits per heavy atom. The molecule has 0 amide bonds. The zero-order chi connectivity index (χ0) is 13.7. The Hall–Kier alpha value is -2.29. The van der Waals surface area contributed by atoms with E-state index in [1.165, 1.54) is 12.1 Å². The second-order valence-corrected chi connectivity index (χ2v) is 4.51. The van der Waals surface area contributed by atoms with E-state index in [2.05, 4.69) is 0 Å². The Morgan fingerprint density at radius 1 is 1.11 bits per heavy atom. The third kappa shape index (κ3) is 3.85. The van der Waals surface area contributed by atoms with Gasteiger partial charge in [0.05, 0.1) is 5.92 Å². The number of phenols is 1. The van der Waals surface area contributed by atoms with Crippen LogP contribution in [0.2, 0.25) is 0 Å². The Labute approximate surface area is 112 Å². The van der Waals surface area contributed by atoms with Crippen molar-refractivity contribution in [2.75, 3.05) is 0 Å². The average molecular weight is 256 g/mol. The van der Waals surface area contributed by atoms with E-state index in [-0.39, 0.29) is 17.6 Å². The van der Waals surface area contributed by atoms with E-state index in [0.29, 0.717) is 12.2 Å². The molecular weight excluding hydrogens is 240 g/mol. The maximum Gasteiger partial charge on any atom is 0.314 e. The fraction of sp³-hybridized carbons (Fsp3) is 0.188. The number of carbonyl (C=O) groups excluding carboxylic acids is 1. The molecule has 0 aliphatic carbocycles. The van der Waals surface area contributed by atoms with Gasteiger partial charge in [0.1, 0.15) is 11.5 Å². The molecule has 0 aromatic heterocycles. The summed E-state index contributed by atoms with van der Waals surface area (Å²) in [5.74, 6) is 0.116. The number of hydrogen-bond donors (Lipinski definition) is 1. The van der Waals surface area contributed by atoms with Gasteiger partial charge in [-0.25, -0.2) is 0 Å². The van der Waals surface area contributed by atoms with Gasteiger partial charge in [0.15, 0.2) is 0 Å². The van der Waals surface area contributed by atoms with Crippen LogP contribution in [0, 0.1) is 5.92 Å². The normalized spacial score (nSPS) is 11.8. The van der Waals surface area contributed by atoms with E-state index >= 15 is 0 Å². The summed E-state index contributed by atoms with van der Waals surface area (Å²) < 4.78 is 5.25. The van der Waals surface area contributed by atoms with Crippen molar-refractivity contribution in [3.8, 4) is 11.5 Å². The van der Waals surface area contributed by atoms with E-state index in [9.17, 15) is 4.79 Å². The Morgan fingerprint density at radius 2 is 1.74 bits per heavy atom. The van der Waals surface area contributed by atoms with Crippen LogP contribution in [-0.2, 0) is 11.2 Å². The van der Waals surface area contributed by atoms with Gasteiger partial charge in [-0.15, -0.1) is 0 Å². The van der Waals surface area contributed by atoms with Gasteiger partial charge in [0, 0.05) is 0 Å². The van der Waals surface area contributed by atoms with Crippen LogP contribution in [0.15, 0.2) is 54.6 Å². The summed E-state index contributed by atoms with van der Waals surface area (Å²) in [5, 5.41) is 9.15. The topological polar surface area (TPSA) is 46.5 Å². The van der Waals surface area contributed by atoms with Crippen molar-refractivity contribution >= 4 is 5.97 Å². The summed E-state index contributed by atoms with van der Waals surface area (Å²) in [4.78, 5) is 11.9. The first-order valence-corrected chi connectivity index (χ1v) is 6.20. The lowest BCUT2D eigenvalue weighted by atomic mass is 10.0. The van der Waals surface area contributed by atoms with Gasteiger partial charge in [-0.2, -0.15) is 0 Å². The van der Waals surface area contributed by atoms with E-state index in [1.807, 2.05) is 37.3 Å². The third-order valence-corrected chi connectivity index (χ3v) is 2.84. The summed E-state index contributed by atoms with van der Waals surface area (Å²) in [6.45, 7) is 1.84. The number of esters is 1. The monoisotopic (exact) mass is 256 g/mol. The van der Waals surface area contributed by atoms with Gasteiger partial charge < -0.3 is 9.84 Å². The second-order valence-electron chi connectivity index (χ2n) is 4.51. The first-order chi connectivity index (χ1) is 9.15. The highest BCUT2D eigenvalue weighted by Crippen LogP contribution is 2.18. The molecule has 98 valence electrons. The minimum atomic E-state index is -0.269. The van der Waals surface area contributed by atoms with Crippen LogP contribution >= 0.6 is 0 Å². The highest BCUT2D eigenvalue weighted by Gasteiger charge is 2.15. The molecule has 0 radical (unpaired) electrons. The van der Waals surface area contributed by atoms with Crippen molar-refractivity contribution in [3.05, 3.63) is 60.2 Å². The van der Waals surface area contributed by atoms with Crippen molar-refractivity contribution in [1.29, 1.82) is 0 Å². The average Bonchev–Trinajstić information content (AvgIpc) is 2.42. The first kappa shape index (κ1) is 13.1. The van der Waals surface area contributed by atoms with Crippen molar-refractivity contribution in [1.82, 2.24) is 0 Å². The molecule has 19 heavy (non-hydrogen) atoms. The molecular formula is C16H16O3. The van der Waals surface area contributed by atoms with Crippen LogP contribution in [0.25, 0.3) is 0 Å². The van der Waals surface area contributed by atoms with Crippen LogP contribution in [0.1, 0.15) is 12.5 Å². The molecule has 0 aliphatic heterocycles. The number of hydrogen-bond acceptors (Lipinski definition) is 3. The Bertz CT molecular complexity index is 532. The number of aromatic hydroxyl groups is 1. The van der Waals surface area contributed by atoms with E-state index in [0.717, 1.165) is 5.56 Å². The molecule has 0 fully saturated rings. The summed E-state index contributed by atoms with van der Waals surface area (Å²) >= 11 is 0. The van der Waals surface area contributed by atoms with Gasteiger partial charge in [0.2, 0.25) is 0 Å². The molecule has 3 heteroatoms. The van der Waals surface area contributed by atoms with Gasteiger partial charge in [-0.3, -0.25) is 4.79 Å². The Kier molecular flexibility index (Phi) is 4.18. The standard InChI is InChI=1S/C16H16O3/c1-12(11-13-5-3-2-4-6-13)16(18)19-15-9-7-14(17)8-10-15/h2-10,12,17H,11H2,1H3. The van der Waals surface area contributed by atoms with Crippen LogP contribution in [0.4, 0.5) is 0 Å². The van der Waals surface area contributed by atoms with Crippen LogP contribution < -0.4 is 4.74 Å². The van der Waals surface area contributed by atoms with Crippen LogP contribution in [-0.4, -0.2) is 11.1 Å². The van der Waals surface area contributed by atoms with Gasteiger partial charge in [-0.05, 0) is 36.2 Å². The second kappa shape index (κ2) is 6.05. The summed E-state index contributed by atoms with van der Waals surface area (Å²) in [5.41, 5.74) is 1.11. The van der Waals surface area contributed by atoms with Crippen molar-refractivity contribution in [2.45, 2.75) is 13.3 Å². The summed E-state index contributed by atoms with van der Waals surface area (Å²) in [6.07, 6.45) is 0.651. The van der Waals surface area contributed by atoms with E-state index in [4.69, 9.17) is 9.84 Å². The quantitative estimate of drug-likeness (QED) is 0.675. The molecule has 0 saturated heterocycles. The van der Waals surface area contributed by atoms with Gasteiger partial charge in [0.25, 0.3) is 0 Å². The molecule has 2 aromatic carbocycles. The SMILES string of the molecule is CC(Cc1ccccc1)C(=O)Oc1ccc(O)cc1. The van der Waals surface area contributed by atoms with Crippen LogP contribution in [0.5, 0.6) is 11.5 Å². The van der Waals surface area contributed by atoms with Crippen molar-refractivity contribution in [3.63, 3.8) is 0 Å². The molecule has 1 atom stereocenters. The molecule has 0 aliphatic rings.